The summed E-state index contributed by atoms with van der Waals surface area (Å²) in [5.74, 6) is 0.0201. The van der Waals surface area contributed by atoms with Gasteiger partial charge in [0.05, 0.1) is 12.1 Å². The molecule has 1 aliphatic carbocycles. The molecule has 1 fully saturated rings. The number of nitrogens with one attached hydrogen (secondary N) is 1. The molecule has 3 rings (SSSR count). The van der Waals surface area contributed by atoms with Crippen molar-refractivity contribution >= 4 is 22.2 Å². The number of nitriles is 1. The second-order valence-corrected chi connectivity index (χ2v) is 7.85. The van der Waals surface area contributed by atoms with Crippen molar-refractivity contribution in [2.24, 2.45) is 0 Å². The Labute approximate surface area is 142 Å². The monoisotopic (exact) mass is 331 g/mol. The standard InChI is InChI=1S/C18H25N3OS/c1-13-7-5-6-10-21(13)12-17(22)20-18-15(11-19)14-8-3-2-4-9-16(14)23-18/h13H,2-10,12H2,1H3,(H,20,22)/t13-/m0/s1. The average Bonchev–Trinajstić information content (AvgIpc) is 2.69. The lowest BCUT2D eigenvalue weighted by atomic mass is 10.0. The Balaban J connectivity index is 1.70. The molecular weight excluding hydrogens is 306 g/mol. The molecule has 0 saturated carbocycles. The summed E-state index contributed by atoms with van der Waals surface area (Å²) >= 11 is 1.62. The smallest absolute Gasteiger partial charge is 0.239 e. The van der Waals surface area contributed by atoms with Crippen LogP contribution in [0, 0.1) is 11.3 Å². The van der Waals surface area contributed by atoms with Crippen molar-refractivity contribution in [2.45, 2.75) is 64.3 Å². The summed E-state index contributed by atoms with van der Waals surface area (Å²) in [5, 5.41) is 13.3. The first-order valence-corrected chi connectivity index (χ1v) is 9.59. The van der Waals surface area contributed by atoms with E-state index in [0.29, 0.717) is 18.2 Å². The highest BCUT2D eigenvalue weighted by Crippen LogP contribution is 2.37. The van der Waals surface area contributed by atoms with Crippen molar-refractivity contribution < 1.29 is 4.79 Å². The van der Waals surface area contributed by atoms with Gasteiger partial charge in [-0.05, 0) is 57.6 Å². The second kappa shape index (κ2) is 7.46. The normalized spacial score (nSPS) is 22.0. The molecule has 1 saturated heterocycles. The lowest BCUT2D eigenvalue weighted by Crippen LogP contribution is -2.42. The van der Waals surface area contributed by atoms with Crippen LogP contribution in [-0.2, 0) is 17.6 Å². The number of aryl methyl sites for hydroxylation is 1. The number of carbonyl (C=O) groups excluding carboxylic acids is 1. The topological polar surface area (TPSA) is 56.1 Å². The van der Waals surface area contributed by atoms with E-state index in [1.165, 1.54) is 42.5 Å². The van der Waals surface area contributed by atoms with Gasteiger partial charge in [0, 0.05) is 10.9 Å². The van der Waals surface area contributed by atoms with Crippen molar-refractivity contribution in [1.82, 2.24) is 4.90 Å². The summed E-state index contributed by atoms with van der Waals surface area (Å²) < 4.78 is 0. The summed E-state index contributed by atoms with van der Waals surface area (Å²) in [6, 6.07) is 2.81. The Morgan fingerprint density at radius 1 is 1.30 bits per heavy atom. The Kier molecular flexibility index (Phi) is 5.34. The third kappa shape index (κ3) is 3.76. The molecule has 1 N–H and O–H groups in total. The first-order chi connectivity index (χ1) is 11.2. The van der Waals surface area contributed by atoms with E-state index in [1.54, 1.807) is 11.3 Å². The van der Waals surface area contributed by atoms with Crippen LogP contribution >= 0.6 is 11.3 Å². The molecule has 0 radical (unpaired) electrons. The van der Waals surface area contributed by atoms with Gasteiger partial charge >= 0.3 is 0 Å². The van der Waals surface area contributed by atoms with E-state index >= 15 is 0 Å². The Morgan fingerprint density at radius 2 is 2.13 bits per heavy atom. The highest BCUT2D eigenvalue weighted by atomic mass is 32.1. The van der Waals surface area contributed by atoms with Gasteiger partial charge in [0.1, 0.15) is 11.1 Å². The summed E-state index contributed by atoms with van der Waals surface area (Å²) in [6.07, 6.45) is 9.21. The minimum absolute atomic E-state index is 0.0201. The first kappa shape index (κ1) is 16.5. The van der Waals surface area contributed by atoms with Crippen molar-refractivity contribution in [1.29, 1.82) is 5.26 Å². The first-order valence-electron chi connectivity index (χ1n) is 8.77. The van der Waals surface area contributed by atoms with E-state index in [0.717, 1.165) is 30.8 Å². The van der Waals surface area contributed by atoms with Crippen molar-refractivity contribution in [3.05, 3.63) is 16.0 Å². The van der Waals surface area contributed by atoms with Crippen LogP contribution in [0.5, 0.6) is 0 Å². The average molecular weight is 331 g/mol. The molecule has 1 aliphatic heterocycles. The fourth-order valence-corrected chi connectivity index (χ4v) is 4.95. The lowest BCUT2D eigenvalue weighted by Gasteiger charge is -2.32. The SMILES string of the molecule is C[C@H]1CCCCN1CC(=O)Nc1sc2c(c1C#N)CCCCC2. The Morgan fingerprint density at radius 3 is 2.91 bits per heavy atom. The number of carbonyl (C=O) groups is 1. The zero-order valence-electron chi connectivity index (χ0n) is 13.9. The van der Waals surface area contributed by atoms with Crippen LogP contribution in [0.1, 0.15) is 61.5 Å². The molecular formula is C18H25N3OS. The zero-order valence-corrected chi connectivity index (χ0v) is 14.7. The number of piperidine rings is 1. The van der Waals surface area contributed by atoms with Crippen LogP contribution in [-0.4, -0.2) is 29.9 Å². The molecule has 1 aromatic heterocycles. The zero-order chi connectivity index (χ0) is 16.2. The molecule has 124 valence electrons. The number of thiophene rings is 1. The molecule has 5 heteroatoms. The van der Waals surface area contributed by atoms with Crippen LogP contribution in [0.3, 0.4) is 0 Å². The molecule has 1 aromatic rings. The number of fused-ring (bicyclic) bond motifs is 1. The highest BCUT2D eigenvalue weighted by molar-refractivity contribution is 7.16. The van der Waals surface area contributed by atoms with Gasteiger partial charge in [-0.1, -0.05) is 12.8 Å². The van der Waals surface area contributed by atoms with E-state index < -0.39 is 0 Å². The minimum Gasteiger partial charge on any atom is -0.315 e. The van der Waals surface area contributed by atoms with Crippen LogP contribution < -0.4 is 5.32 Å². The van der Waals surface area contributed by atoms with E-state index in [9.17, 15) is 10.1 Å². The predicted molar refractivity (Wildman–Crippen MR) is 93.8 cm³/mol. The highest BCUT2D eigenvalue weighted by Gasteiger charge is 2.23. The van der Waals surface area contributed by atoms with E-state index in [1.807, 2.05) is 0 Å². The van der Waals surface area contributed by atoms with Gasteiger partial charge in [0.25, 0.3) is 0 Å². The molecule has 0 aromatic carbocycles. The lowest BCUT2D eigenvalue weighted by molar-refractivity contribution is -0.118. The van der Waals surface area contributed by atoms with Gasteiger partial charge in [-0.3, -0.25) is 9.69 Å². The maximum absolute atomic E-state index is 12.4. The number of hydrogen-bond acceptors (Lipinski definition) is 4. The van der Waals surface area contributed by atoms with E-state index in [2.05, 4.69) is 23.2 Å². The van der Waals surface area contributed by atoms with E-state index in [-0.39, 0.29) is 5.91 Å². The maximum atomic E-state index is 12.4. The summed E-state index contributed by atoms with van der Waals surface area (Å²) in [4.78, 5) is 16.0. The van der Waals surface area contributed by atoms with Gasteiger partial charge in [0.15, 0.2) is 0 Å². The van der Waals surface area contributed by atoms with Gasteiger partial charge in [-0.25, -0.2) is 0 Å². The van der Waals surface area contributed by atoms with Gasteiger partial charge in [-0.2, -0.15) is 5.26 Å². The van der Waals surface area contributed by atoms with Gasteiger partial charge in [-0.15, -0.1) is 11.3 Å². The van der Waals surface area contributed by atoms with E-state index in [4.69, 9.17) is 0 Å². The van der Waals surface area contributed by atoms with Crippen molar-refractivity contribution in [3.63, 3.8) is 0 Å². The van der Waals surface area contributed by atoms with Crippen LogP contribution in [0.25, 0.3) is 0 Å². The number of hydrogen-bond donors (Lipinski definition) is 1. The van der Waals surface area contributed by atoms with Gasteiger partial charge in [0.2, 0.25) is 5.91 Å². The second-order valence-electron chi connectivity index (χ2n) is 6.74. The number of nitrogens with zero attached hydrogens (tertiary/aromatic N) is 2. The molecule has 23 heavy (non-hydrogen) atoms. The van der Waals surface area contributed by atoms with Gasteiger partial charge < -0.3 is 5.32 Å². The number of likely N-dealkylation sites (tertiary alicyclic amines) is 1. The molecule has 0 unspecified atom stereocenters. The Bertz CT molecular complexity index is 617. The minimum atomic E-state index is 0.0201. The molecule has 2 aliphatic rings. The fraction of sp³-hybridized carbons (Fsp3) is 0.667. The van der Waals surface area contributed by atoms with Crippen molar-refractivity contribution in [3.8, 4) is 6.07 Å². The predicted octanol–water partition coefficient (Wildman–Crippen LogP) is 3.70. The molecule has 2 heterocycles. The number of anilines is 1. The molecule has 4 nitrogen and oxygen atoms in total. The summed E-state index contributed by atoms with van der Waals surface area (Å²) in [6.45, 7) is 3.63. The van der Waals surface area contributed by atoms with Crippen LogP contribution in [0.4, 0.5) is 5.00 Å². The quantitative estimate of drug-likeness (QED) is 0.859. The maximum Gasteiger partial charge on any atom is 0.239 e. The summed E-state index contributed by atoms with van der Waals surface area (Å²) in [7, 11) is 0. The third-order valence-electron chi connectivity index (χ3n) is 5.07. The summed E-state index contributed by atoms with van der Waals surface area (Å²) in [5.41, 5.74) is 1.91. The molecule has 0 spiro atoms. The third-order valence-corrected chi connectivity index (χ3v) is 6.28. The largest absolute Gasteiger partial charge is 0.315 e. The molecule has 1 atom stereocenters. The number of rotatable bonds is 3. The van der Waals surface area contributed by atoms with Crippen LogP contribution in [0.15, 0.2) is 0 Å². The Hall–Kier alpha value is -1.38. The molecule has 0 bridgehead atoms. The fourth-order valence-electron chi connectivity index (χ4n) is 3.69. The number of amides is 1. The molecule has 1 amide bonds. The van der Waals surface area contributed by atoms with Crippen LogP contribution in [0.2, 0.25) is 0 Å². The van der Waals surface area contributed by atoms with Crippen molar-refractivity contribution in [2.75, 3.05) is 18.4 Å².